The van der Waals surface area contributed by atoms with E-state index in [0.717, 1.165) is 5.57 Å². The normalized spacial score (nSPS) is 29.9. The second-order valence-corrected chi connectivity index (χ2v) is 15.5. The molecule has 3 heterocycles. The number of carbonyl (C=O) groups is 2. The van der Waals surface area contributed by atoms with E-state index in [0.29, 0.717) is 0 Å². The number of Topliss-reactive ketones (excluding diaryl/α,β-unsaturated/α-hetero) is 1. The van der Waals surface area contributed by atoms with Crippen molar-refractivity contribution in [3.8, 4) is 5.75 Å². The Hall–Kier alpha value is -4.25. The molecule has 0 radical (unpaired) electrons. The number of pyridine rings is 1. The Kier molecular flexibility index (Phi) is 17.5. The number of methoxy groups -OCH3 is 1. The maximum Gasteiger partial charge on any atom is 0.265 e. The third-order valence-corrected chi connectivity index (χ3v) is 11.0. The van der Waals surface area contributed by atoms with E-state index in [2.05, 4.69) is 5.32 Å². The number of nitrogens with zero attached hydrogens (tertiary/aromatic N) is 1. The average Bonchev–Trinajstić information content (AvgIpc) is 3.46. The second kappa shape index (κ2) is 21.1. The minimum absolute atomic E-state index is 0.0818. The van der Waals surface area contributed by atoms with Crippen LogP contribution in [0.15, 0.2) is 101 Å². The molecule has 58 heavy (non-hydrogen) atoms. The highest BCUT2D eigenvalue weighted by molar-refractivity contribution is 6.09. The molecule has 0 aliphatic carbocycles. The van der Waals surface area contributed by atoms with Crippen LogP contribution in [-0.4, -0.2) is 115 Å². The van der Waals surface area contributed by atoms with Crippen LogP contribution in [0.3, 0.4) is 0 Å². The Labute approximate surface area is 340 Å². The van der Waals surface area contributed by atoms with Crippen LogP contribution in [-0.2, 0) is 26.1 Å². The van der Waals surface area contributed by atoms with Gasteiger partial charge in [0.1, 0.15) is 35.7 Å². The van der Waals surface area contributed by atoms with E-state index >= 15 is 0 Å². The molecule has 14 heteroatoms. The number of ketones is 1. The molecule has 2 saturated heterocycles. The van der Waals surface area contributed by atoms with Crippen LogP contribution in [0.5, 0.6) is 5.75 Å². The molecule has 2 fully saturated rings. The summed E-state index contributed by atoms with van der Waals surface area (Å²) < 4.78 is 19.0. The quantitative estimate of drug-likeness (QED) is 0.0687. The molecular formula is C44H62N2O12. The first-order valence-corrected chi connectivity index (χ1v) is 19.5. The molecule has 11 atom stereocenters. The van der Waals surface area contributed by atoms with Crippen LogP contribution in [0.25, 0.3) is 0 Å². The SMILES string of the molecule is C/C=C\C=C\[C@@H]1O[C@](O)([C@H](CC)C(=O)NC/C=C\C=C(/C)[C@@H](OC)[C@@H](C)[C@@H]2O[C@H](/C=C/C=C/C=C(\C)C(=O)c3c(O)ccn(C)c3=O)[C@H](O)[C@@H]2O)[C@H](O)[C@H](O)C1(C)C. The molecule has 2 aliphatic rings. The molecule has 0 bridgehead atoms. The molecule has 320 valence electrons. The standard InChI is InChI=1S/C44H62N2O12/c1-10-12-14-22-32-43(6,7)39(51)40(52)44(55,58-32)29(11-2)41(53)45-24-18-17-20-27(4)37(56-9)28(5)38-36(50)35(49)31(57-38)21-16-13-15-19-26(3)34(48)33-30(47)23-25-46(8)42(33)54/h10,12-23,25,28-29,31-32,35-40,47,49-52,55H,11,24H2,1-9H3,(H,45,53)/b12-10-,15-13+,18-17-,21-16+,22-14+,26-19+,27-20+/t28-,29-,31-,32+,35+,36+,37-,38+,39+,40-,44-/m1/s1. The molecule has 0 saturated carbocycles. The summed E-state index contributed by atoms with van der Waals surface area (Å²) >= 11 is 0. The fourth-order valence-corrected chi connectivity index (χ4v) is 7.27. The Bertz CT molecular complexity index is 1860. The number of carbonyl (C=O) groups excluding carboxylic acids is 2. The van der Waals surface area contributed by atoms with Crippen molar-refractivity contribution in [3.63, 3.8) is 0 Å². The van der Waals surface area contributed by atoms with Crippen molar-refractivity contribution in [2.75, 3.05) is 13.7 Å². The first kappa shape index (κ1) is 48.1. The summed E-state index contributed by atoms with van der Waals surface area (Å²) in [4.78, 5) is 38.4. The van der Waals surface area contributed by atoms with E-state index in [1.165, 1.54) is 44.0 Å². The van der Waals surface area contributed by atoms with Crippen LogP contribution in [0.4, 0.5) is 0 Å². The largest absolute Gasteiger partial charge is 0.507 e. The Morgan fingerprint density at radius 2 is 1.67 bits per heavy atom. The number of rotatable bonds is 17. The van der Waals surface area contributed by atoms with Gasteiger partial charge in [0.2, 0.25) is 11.7 Å². The van der Waals surface area contributed by atoms with Gasteiger partial charge >= 0.3 is 0 Å². The van der Waals surface area contributed by atoms with Crippen molar-refractivity contribution in [2.24, 2.45) is 24.3 Å². The Morgan fingerprint density at radius 3 is 2.31 bits per heavy atom. The van der Waals surface area contributed by atoms with Gasteiger partial charge in [0, 0.05) is 38.2 Å². The summed E-state index contributed by atoms with van der Waals surface area (Å²) in [6.07, 6.45) is 13.0. The number of aromatic nitrogens is 1. The Balaban J connectivity index is 1.61. The topological polar surface area (TPSA) is 217 Å². The number of hydrogen-bond acceptors (Lipinski definition) is 12. The number of ether oxygens (including phenoxy) is 3. The van der Waals surface area contributed by atoms with Crippen molar-refractivity contribution in [1.29, 1.82) is 0 Å². The van der Waals surface area contributed by atoms with Gasteiger partial charge in [-0.1, -0.05) is 101 Å². The molecule has 0 spiro atoms. The first-order valence-electron chi connectivity index (χ1n) is 19.5. The number of allylic oxidation sites excluding steroid dienone is 10. The van der Waals surface area contributed by atoms with Gasteiger partial charge in [0.15, 0.2) is 5.78 Å². The molecule has 14 nitrogen and oxygen atoms in total. The summed E-state index contributed by atoms with van der Waals surface area (Å²) in [5.74, 6) is -5.51. The number of aromatic hydroxyl groups is 1. The fraction of sp³-hybridized carbons (Fsp3) is 0.523. The molecule has 7 N–H and O–H groups in total. The molecular weight excluding hydrogens is 748 g/mol. The van der Waals surface area contributed by atoms with Gasteiger partial charge in [-0.3, -0.25) is 14.4 Å². The average molecular weight is 811 g/mol. The van der Waals surface area contributed by atoms with Crippen LogP contribution >= 0.6 is 0 Å². The maximum absolute atomic E-state index is 13.3. The zero-order chi connectivity index (χ0) is 43.5. The zero-order valence-electron chi connectivity index (χ0n) is 34.9. The van der Waals surface area contributed by atoms with Crippen molar-refractivity contribution in [2.45, 2.75) is 110 Å². The van der Waals surface area contributed by atoms with Crippen LogP contribution in [0.1, 0.15) is 65.2 Å². The number of aliphatic hydroxyl groups excluding tert-OH is 4. The molecule has 1 amide bonds. The van der Waals surface area contributed by atoms with Gasteiger partial charge in [-0.15, -0.1) is 0 Å². The lowest BCUT2D eigenvalue weighted by molar-refractivity contribution is -0.359. The van der Waals surface area contributed by atoms with Crippen LogP contribution in [0, 0.1) is 17.3 Å². The Morgan fingerprint density at radius 1 is 1.00 bits per heavy atom. The molecule has 3 rings (SSSR count). The summed E-state index contributed by atoms with van der Waals surface area (Å²) in [6, 6.07) is 1.27. The van der Waals surface area contributed by atoms with E-state index in [-0.39, 0.29) is 24.1 Å². The van der Waals surface area contributed by atoms with E-state index in [9.17, 15) is 45.0 Å². The van der Waals surface area contributed by atoms with Gasteiger partial charge in [-0.25, -0.2) is 0 Å². The number of aliphatic hydroxyl groups is 5. The monoisotopic (exact) mass is 810 g/mol. The summed E-state index contributed by atoms with van der Waals surface area (Å²) in [7, 11) is 3.01. The molecule has 1 aromatic rings. The lowest BCUT2D eigenvalue weighted by Gasteiger charge is -2.53. The predicted molar refractivity (Wildman–Crippen MR) is 220 cm³/mol. The van der Waals surface area contributed by atoms with Gasteiger partial charge < -0.3 is 54.7 Å². The van der Waals surface area contributed by atoms with E-state index in [4.69, 9.17) is 14.2 Å². The lowest BCUT2D eigenvalue weighted by Crippen LogP contribution is -2.69. The van der Waals surface area contributed by atoms with E-state index in [1.54, 1.807) is 81.5 Å². The highest BCUT2D eigenvalue weighted by Gasteiger charge is 2.60. The maximum atomic E-state index is 13.3. The minimum atomic E-state index is -2.34. The lowest BCUT2D eigenvalue weighted by atomic mass is 9.71. The van der Waals surface area contributed by atoms with E-state index in [1.807, 2.05) is 26.8 Å². The van der Waals surface area contributed by atoms with Crippen molar-refractivity contribution in [1.82, 2.24) is 9.88 Å². The summed E-state index contributed by atoms with van der Waals surface area (Å²) in [5.41, 5.74) is -0.881. The number of hydrogen-bond donors (Lipinski definition) is 7. The van der Waals surface area contributed by atoms with Gasteiger partial charge in [-0.05, 0) is 44.4 Å². The third-order valence-electron chi connectivity index (χ3n) is 11.0. The minimum Gasteiger partial charge on any atom is -0.507 e. The third kappa shape index (κ3) is 10.9. The second-order valence-electron chi connectivity index (χ2n) is 15.5. The zero-order valence-corrected chi connectivity index (χ0v) is 34.9. The van der Waals surface area contributed by atoms with Crippen LogP contribution in [0.2, 0.25) is 0 Å². The summed E-state index contributed by atoms with van der Waals surface area (Å²) in [5, 5.41) is 68.0. The first-order chi connectivity index (χ1) is 27.3. The fourth-order valence-electron chi connectivity index (χ4n) is 7.27. The number of aryl methyl sites for hydroxylation is 1. The van der Waals surface area contributed by atoms with Gasteiger partial charge in [-0.2, -0.15) is 0 Å². The van der Waals surface area contributed by atoms with Crippen molar-refractivity contribution >= 4 is 11.7 Å². The van der Waals surface area contributed by atoms with Crippen molar-refractivity contribution in [3.05, 3.63) is 112 Å². The van der Waals surface area contributed by atoms with Crippen molar-refractivity contribution < 1.29 is 54.4 Å². The smallest absolute Gasteiger partial charge is 0.265 e. The van der Waals surface area contributed by atoms with Gasteiger partial charge in [0.05, 0.1) is 30.3 Å². The number of nitrogens with one attached hydrogen (secondary N) is 1. The molecule has 0 aromatic carbocycles. The molecule has 2 aliphatic heterocycles. The predicted octanol–water partition coefficient (Wildman–Crippen LogP) is 3.09. The summed E-state index contributed by atoms with van der Waals surface area (Å²) in [6.45, 7) is 12.2. The molecule has 1 aromatic heterocycles. The van der Waals surface area contributed by atoms with Gasteiger partial charge in [0.25, 0.3) is 5.56 Å². The highest BCUT2D eigenvalue weighted by atomic mass is 16.7. The highest BCUT2D eigenvalue weighted by Crippen LogP contribution is 2.44. The van der Waals surface area contributed by atoms with E-state index < -0.39 is 94.9 Å². The van der Waals surface area contributed by atoms with Crippen LogP contribution < -0.4 is 10.9 Å². The molecule has 0 unspecified atom stereocenters. The number of amides is 1.